The van der Waals surface area contributed by atoms with E-state index in [1.54, 1.807) is 32.2 Å². The highest BCUT2D eigenvalue weighted by Gasteiger charge is 2.18. The number of hydrogen-bond donors (Lipinski definition) is 1. The third-order valence-corrected chi connectivity index (χ3v) is 2.75. The van der Waals surface area contributed by atoms with Gasteiger partial charge in [-0.3, -0.25) is 0 Å². The van der Waals surface area contributed by atoms with E-state index < -0.39 is 17.2 Å². The molecule has 0 heterocycles. The molecule has 84 valence electrons. The third kappa shape index (κ3) is 3.18. The molecular formula is C11H15F2NS. The van der Waals surface area contributed by atoms with E-state index in [1.165, 1.54) is 11.8 Å². The lowest BCUT2D eigenvalue weighted by atomic mass is 9.96. The van der Waals surface area contributed by atoms with Crippen LogP contribution in [0.1, 0.15) is 19.4 Å². The minimum atomic E-state index is -0.777. The molecule has 0 aromatic heterocycles. The van der Waals surface area contributed by atoms with Crippen LogP contribution in [0.3, 0.4) is 0 Å². The summed E-state index contributed by atoms with van der Waals surface area (Å²) in [5.74, 6) is -1.55. The van der Waals surface area contributed by atoms with Gasteiger partial charge in [-0.1, -0.05) is 6.07 Å². The molecule has 2 N–H and O–H groups in total. The summed E-state index contributed by atoms with van der Waals surface area (Å²) in [5.41, 5.74) is 5.56. The van der Waals surface area contributed by atoms with Crippen molar-refractivity contribution in [3.63, 3.8) is 0 Å². The van der Waals surface area contributed by atoms with E-state index in [4.69, 9.17) is 5.73 Å². The summed E-state index contributed by atoms with van der Waals surface area (Å²) in [4.78, 5) is 0.325. The van der Waals surface area contributed by atoms with Crippen molar-refractivity contribution < 1.29 is 8.78 Å². The zero-order chi connectivity index (χ0) is 11.6. The number of rotatable bonds is 3. The van der Waals surface area contributed by atoms with Crippen LogP contribution in [0.2, 0.25) is 0 Å². The molecule has 0 saturated carbocycles. The van der Waals surface area contributed by atoms with Crippen molar-refractivity contribution in [1.82, 2.24) is 0 Å². The van der Waals surface area contributed by atoms with E-state index >= 15 is 0 Å². The molecule has 0 amide bonds. The SMILES string of the molecule is CSc1ccc(CC(C)(C)N)c(F)c1F. The second kappa shape index (κ2) is 4.49. The average Bonchev–Trinajstić information content (AvgIpc) is 2.11. The summed E-state index contributed by atoms with van der Waals surface area (Å²) in [5, 5.41) is 0. The van der Waals surface area contributed by atoms with E-state index in [1.807, 2.05) is 0 Å². The van der Waals surface area contributed by atoms with Gasteiger partial charge in [-0.05, 0) is 38.2 Å². The predicted molar refractivity (Wildman–Crippen MR) is 60.1 cm³/mol. The molecule has 0 fully saturated rings. The highest BCUT2D eigenvalue weighted by atomic mass is 32.2. The summed E-state index contributed by atoms with van der Waals surface area (Å²) >= 11 is 1.19. The molecule has 0 aliphatic heterocycles. The molecule has 0 bridgehead atoms. The Kier molecular flexibility index (Phi) is 3.73. The van der Waals surface area contributed by atoms with Crippen LogP contribution in [-0.2, 0) is 6.42 Å². The maximum absolute atomic E-state index is 13.5. The van der Waals surface area contributed by atoms with E-state index in [9.17, 15) is 8.78 Å². The molecular weight excluding hydrogens is 216 g/mol. The van der Waals surface area contributed by atoms with Gasteiger partial charge < -0.3 is 5.73 Å². The molecule has 15 heavy (non-hydrogen) atoms. The second-order valence-corrected chi connectivity index (χ2v) is 5.07. The number of nitrogens with two attached hydrogens (primary N) is 1. The molecule has 0 spiro atoms. The fraction of sp³-hybridized carbons (Fsp3) is 0.455. The van der Waals surface area contributed by atoms with Crippen LogP contribution in [-0.4, -0.2) is 11.8 Å². The van der Waals surface area contributed by atoms with Crippen LogP contribution in [0.25, 0.3) is 0 Å². The zero-order valence-electron chi connectivity index (χ0n) is 9.10. The summed E-state index contributed by atoms with van der Waals surface area (Å²) in [7, 11) is 0. The van der Waals surface area contributed by atoms with Gasteiger partial charge in [0, 0.05) is 10.4 Å². The Morgan fingerprint density at radius 2 is 1.87 bits per heavy atom. The fourth-order valence-corrected chi connectivity index (χ4v) is 1.83. The maximum Gasteiger partial charge on any atom is 0.172 e. The van der Waals surface area contributed by atoms with Crippen molar-refractivity contribution in [2.45, 2.75) is 30.7 Å². The Morgan fingerprint density at radius 1 is 1.27 bits per heavy atom. The molecule has 0 unspecified atom stereocenters. The molecule has 1 aromatic rings. The van der Waals surface area contributed by atoms with Crippen LogP contribution >= 0.6 is 11.8 Å². The smallest absolute Gasteiger partial charge is 0.172 e. The molecule has 4 heteroatoms. The van der Waals surface area contributed by atoms with Crippen LogP contribution in [0.5, 0.6) is 0 Å². The van der Waals surface area contributed by atoms with Gasteiger partial charge in [0.05, 0.1) is 0 Å². The van der Waals surface area contributed by atoms with E-state index in [2.05, 4.69) is 0 Å². The number of halogens is 2. The van der Waals surface area contributed by atoms with Crippen molar-refractivity contribution in [3.05, 3.63) is 29.3 Å². The van der Waals surface area contributed by atoms with Crippen LogP contribution < -0.4 is 5.73 Å². The monoisotopic (exact) mass is 231 g/mol. The van der Waals surface area contributed by atoms with Gasteiger partial charge in [0.1, 0.15) is 0 Å². The van der Waals surface area contributed by atoms with Crippen LogP contribution in [0, 0.1) is 11.6 Å². The fourth-order valence-electron chi connectivity index (χ4n) is 1.36. The topological polar surface area (TPSA) is 26.0 Å². The lowest BCUT2D eigenvalue weighted by Crippen LogP contribution is -2.34. The first-order valence-corrected chi connectivity index (χ1v) is 5.87. The van der Waals surface area contributed by atoms with E-state index in [0.717, 1.165) is 0 Å². The molecule has 0 radical (unpaired) electrons. The van der Waals surface area contributed by atoms with Crippen molar-refractivity contribution in [3.8, 4) is 0 Å². The molecule has 0 aliphatic rings. The van der Waals surface area contributed by atoms with Crippen LogP contribution in [0.15, 0.2) is 17.0 Å². The van der Waals surface area contributed by atoms with Gasteiger partial charge in [-0.2, -0.15) is 0 Å². The van der Waals surface area contributed by atoms with E-state index in [-0.39, 0.29) is 0 Å². The first-order valence-electron chi connectivity index (χ1n) is 4.65. The van der Waals surface area contributed by atoms with Gasteiger partial charge >= 0.3 is 0 Å². The van der Waals surface area contributed by atoms with Gasteiger partial charge in [-0.15, -0.1) is 11.8 Å². The lowest BCUT2D eigenvalue weighted by Gasteiger charge is -2.19. The van der Waals surface area contributed by atoms with Gasteiger partial charge in [-0.25, -0.2) is 8.78 Å². The Morgan fingerprint density at radius 3 is 2.33 bits per heavy atom. The van der Waals surface area contributed by atoms with Gasteiger partial charge in [0.15, 0.2) is 11.6 Å². The molecule has 1 rings (SSSR count). The highest BCUT2D eigenvalue weighted by molar-refractivity contribution is 7.98. The quantitative estimate of drug-likeness (QED) is 0.809. The Bertz CT molecular complexity index is 358. The summed E-state index contributed by atoms with van der Waals surface area (Å²) in [6, 6.07) is 3.18. The van der Waals surface area contributed by atoms with Gasteiger partial charge in [0.2, 0.25) is 0 Å². The minimum absolute atomic E-state index is 0.324. The van der Waals surface area contributed by atoms with Crippen LogP contribution in [0.4, 0.5) is 8.78 Å². The second-order valence-electron chi connectivity index (χ2n) is 4.22. The lowest BCUT2D eigenvalue weighted by molar-refractivity contribution is 0.457. The van der Waals surface area contributed by atoms with E-state index in [0.29, 0.717) is 16.9 Å². The molecule has 0 aliphatic carbocycles. The molecule has 1 aromatic carbocycles. The number of hydrogen-bond acceptors (Lipinski definition) is 2. The maximum atomic E-state index is 13.5. The number of thioether (sulfide) groups is 1. The Hall–Kier alpha value is -0.610. The third-order valence-electron chi connectivity index (χ3n) is 1.99. The predicted octanol–water partition coefficient (Wildman–Crippen LogP) is 2.97. The largest absolute Gasteiger partial charge is 0.325 e. The Labute approximate surface area is 93.1 Å². The first kappa shape index (κ1) is 12.5. The minimum Gasteiger partial charge on any atom is -0.325 e. The standard InChI is InChI=1S/C11H15F2NS/c1-11(2,14)6-7-4-5-8(15-3)10(13)9(7)12/h4-5H,6,14H2,1-3H3. The molecule has 1 nitrogen and oxygen atoms in total. The summed E-state index contributed by atoms with van der Waals surface area (Å²) in [6.07, 6.45) is 2.04. The van der Waals surface area contributed by atoms with Gasteiger partial charge in [0.25, 0.3) is 0 Å². The van der Waals surface area contributed by atoms with Crippen molar-refractivity contribution in [2.24, 2.45) is 5.73 Å². The first-order chi connectivity index (χ1) is 6.85. The normalized spacial score (nSPS) is 11.9. The zero-order valence-corrected chi connectivity index (χ0v) is 9.92. The molecule has 0 atom stereocenters. The van der Waals surface area contributed by atoms with Crippen molar-refractivity contribution in [2.75, 3.05) is 6.26 Å². The summed E-state index contributed by atoms with van der Waals surface area (Å²) < 4.78 is 26.9. The van der Waals surface area contributed by atoms with Crippen molar-refractivity contribution in [1.29, 1.82) is 0 Å². The number of benzene rings is 1. The average molecular weight is 231 g/mol. The highest BCUT2D eigenvalue weighted by Crippen LogP contribution is 2.25. The summed E-state index contributed by atoms with van der Waals surface area (Å²) in [6.45, 7) is 3.57. The van der Waals surface area contributed by atoms with Crippen molar-refractivity contribution >= 4 is 11.8 Å². The Balaban J connectivity index is 3.07. The molecule has 0 saturated heterocycles.